The predicted octanol–water partition coefficient (Wildman–Crippen LogP) is -5.47. The molecule has 0 radical (unpaired) electrons. The van der Waals surface area contributed by atoms with Crippen LogP contribution in [0.4, 0.5) is 0 Å². The largest absolute Gasteiger partial charge is 1.00 e. The van der Waals surface area contributed by atoms with E-state index in [1.54, 1.807) is 0 Å². The van der Waals surface area contributed by atoms with Gasteiger partial charge in [0.1, 0.15) is 0 Å². The van der Waals surface area contributed by atoms with Gasteiger partial charge in [-0.2, -0.15) is 0 Å². The Kier molecular flexibility index (Phi) is 17.2. The monoisotopic (exact) mass is 376 g/mol. The van der Waals surface area contributed by atoms with Gasteiger partial charge in [0.05, 0.1) is 5.45 Å². The molecule has 10 nitrogen and oxygen atoms in total. The van der Waals surface area contributed by atoms with E-state index in [9.17, 15) is 18.9 Å². The van der Waals surface area contributed by atoms with Crippen molar-refractivity contribution in [1.82, 2.24) is 0 Å². The van der Waals surface area contributed by atoms with E-state index in [1.165, 1.54) is 0 Å². The van der Waals surface area contributed by atoms with Crippen molar-refractivity contribution in [2.24, 2.45) is 10.3 Å². The Morgan fingerprint density at radius 1 is 0.955 bits per heavy atom. The Morgan fingerprint density at radius 3 is 1.59 bits per heavy atom. The topological polar surface area (TPSA) is 164 Å². The molecule has 0 rings (SSSR count). The van der Waals surface area contributed by atoms with Gasteiger partial charge in [0.15, 0.2) is 5.45 Å². The minimum absolute atomic E-state index is 0. The summed E-state index contributed by atoms with van der Waals surface area (Å²) in [6, 6.07) is 0. The number of unbranched alkanes of at least 4 members (excludes halogenated alkanes) is 1. The van der Waals surface area contributed by atoms with Crippen LogP contribution in [-0.2, 0) is 18.2 Å². The van der Waals surface area contributed by atoms with Crippen molar-refractivity contribution < 1.29 is 97.5 Å². The quantitative estimate of drug-likeness (QED) is 0.100. The molecule has 0 saturated carbocycles. The summed E-state index contributed by atoms with van der Waals surface area (Å²) in [5.41, 5.74) is -1.08. The zero-order valence-corrected chi connectivity index (χ0v) is 18.8. The zero-order valence-electron chi connectivity index (χ0n) is 13.0. The molecule has 0 aliphatic rings. The van der Waals surface area contributed by atoms with Crippen molar-refractivity contribution in [3.05, 3.63) is 0 Å². The minimum Gasteiger partial charge on any atom is -0.806 e. The first kappa shape index (κ1) is 28.1. The summed E-state index contributed by atoms with van der Waals surface area (Å²) in [6.45, 7) is 0. The summed E-state index contributed by atoms with van der Waals surface area (Å²) in [5.74, 6) is 0. The third-order valence-electron chi connectivity index (χ3n) is 2.39. The first-order chi connectivity index (χ1) is 9.25. The van der Waals surface area contributed by atoms with E-state index in [-0.39, 0.29) is 90.3 Å². The van der Waals surface area contributed by atoms with E-state index in [0.717, 1.165) is 14.2 Å². The number of nitrogens with zero attached hydrogens (tertiary/aromatic N) is 2. The summed E-state index contributed by atoms with van der Waals surface area (Å²) < 4.78 is 31.8. The number of oxime groups is 2. The third kappa shape index (κ3) is 9.52. The summed E-state index contributed by atoms with van der Waals surface area (Å²) >= 11 is 0. The maximum atomic E-state index is 11.9. The molecule has 0 aliphatic carbocycles. The second-order valence-electron chi connectivity index (χ2n) is 3.60. The fourth-order valence-electron chi connectivity index (χ4n) is 1.33. The molecule has 0 unspecified atom stereocenters. The van der Waals surface area contributed by atoms with Crippen molar-refractivity contribution in [3.8, 4) is 0 Å². The minimum atomic E-state index is -5.07. The van der Waals surface area contributed by atoms with Gasteiger partial charge < -0.3 is 33.8 Å². The molecule has 0 bridgehead atoms. The Morgan fingerprint density at radius 2 is 1.32 bits per heavy atom. The average molecular weight is 376 g/mol. The number of hydrogen-bond acceptors (Lipinski definition) is 10. The van der Waals surface area contributed by atoms with Gasteiger partial charge in [-0.15, -0.1) is 0 Å². The number of rotatable bonds is 9. The van der Waals surface area contributed by atoms with Crippen molar-refractivity contribution in [3.63, 3.8) is 0 Å². The molecule has 0 spiro atoms. The molecule has 0 aromatic heterocycles. The van der Waals surface area contributed by atoms with Crippen LogP contribution in [0.1, 0.15) is 25.7 Å². The molecule has 118 valence electrons. The Bertz CT molecular complexity index is 459. The standard InChI is InChI=1S/C8H18N2O8P2.2Na/c1-17-20(16,18-2)8(10-12)6-4-3-5-7(9-11)19(13,14)15;;/h11-12H,3-6H2,1-2H3,(H2,13,14,15);;/q;2*+1/p-2. The zero-order chi connectivity index (χ0) is 15.8. The van der Waals surface area contributed by atoms with E-state index in [2.05, 4.69) is 19.4 Å². The van der Waals surface area contributed by atoms with E-state index in [4.69, 9.17) is 10.4 Å². The summed E-state index contributed by atoms with van der Waals surface area (Å²) in [5, 5.41) is 22.4. The van der Waals surface area contributed by atoms with E-state index in [0.29, 0.717) is 0 Å². The molecular formula is C8H16N2Na2O8P2. The Hall–Kier alpha value is 1.24. The van der Waals surface area contributed by atoms with Crippen LogP contribution in [0, 0.1) is 0 Å². The van der Waals surface area contributed by atoms with Crippen molar-refractivity contribution in [2.45, 2.75) is 25.7 Å². The molecule has 0 atom stereocenters. The van der Waals surface area contributed by atoms with Gasteiger partial charge in [0.2, 0.25) is 0 Å². The van der Waals surface area contributed by atoms with Crippen LogP contribution in [0.3, 0.4) is 0 Å². The summed E-state index contributed by atoms with van der Waals surface area (Å²) in [6.07, 6.45) is 0.0787. The predicted molar refractivity (Wildman–Crippen MR) is 66.1 cm³/mol. The number of hydrogen-bond donors (Lipinski definition) is 2. The summed E-state index contributed by atoms with van der Waals surface area (Å²) in [7, 11) is -6.48. The van der Waals surface area contributed by atoms with Crippen LogP contribution < -0.4 is 68.9 Å². The average Bonchev–Trinajstić information content (AvgIpc) is 2.40. The van der Waals surface area contributed by atoms with Gasteiger partial charge in [-0.25, -0.2) is 0 Å². The van der Waals surface area contributed by atoms with Crippen LogP contribution in [0.15, 0.2) is 10.3 Å². The fourth-order valence-corrected chi connectivity index (χ4v) is 2.99. The molecule has 0 aromatic carbocycles. The molecule has 14 heteroatoms. The molecule has 2 N–H and O–H groups in total. The van der Waals surface area contributed by atoms with E-state index in [1.807, 2.05) is 0 Å². The van der Waals surface area contributed by atoms with Gasteiger partial charge in [0, 0.05) is 20.6 Å². The Labute approximate surface area is 172 Å². The normalized spacial score (nSPS) is 13.3. The molecule has 0 heterocycles. The first-order valence-corrected chi connectivity index (χ1v) is 8.50. The van der Waals surface area contributed by atoms with Crippen LogP contribution in [-0.4, -0.2) is 35.5 Å². The first-order valence-electron chi connectivity index (χ1n) is 5.41. The maximum Gasteiger partial charge on any atom is 1.00 e. The molecule has 0 fully saturated rings. The second-order valence-corrected chi connectivity index (χ2v) is 7.35. The van der Waals surface area contributed by atoms with Crippen molar-refractivity contribution >= 4 is 26.1 Å². The van der Waals surface area contributed by atoms with Gasteiger partial charge in [-0.05, 0) is 26.9 Å². The maximum absolute atomic E-state index is 11.9. The van der Waals surface area contributed by atoms with Crippen LogP contribution in [0.2, 0.25) is 0 Å². The van der Waals surface area contributed by atoms with E-state index < -0.39 is 20.6 Å². The van der Waals surface area contributed by atoms with Gasteiger partial charge in [-0.3, -0.25) is 4.57 Å². The molecule has 0 aliphatic heterocycles. The van der Waals surface area contributed by atoms with Crippen LogP contribution in [0.25, 0.3) is 0 Å². The van der Waals surface area contributed by atoms with E-state index >= 15 is 0 Å². The van der Waals surface area contributed by atoms with Crippen LogP contribution >= 0.6 is 15.2 Å². The van der Waals surface area contributed by atoms with Gasteiger partial charge >= 0.3 is 66.7 Å². The molecule has 22 heavy (non-hydrogen) atoms. The smallest absolute Gasteiger partial charge is 0.806 e. The van der Waals surface area contributed by atoms with Crippen LogP contribution in [0.5, 0.6) is 0 Å². The Balaban J connectivity index is -0.00000180. The van der Waals surface area contributed by atoms with Crippen molar-refractivity contribution in [2.75, 3.05) is 14.2 Å². The SMILES string of the molecule is COP(=O)(OC)C(CCCCC(=NO)P(=O)([O-])[O-])=NO.[Na+].[Na+]. The van der Waals surface area contributed by atoms with Gasteiger partial charge in [-0.1, -0.05) is 10.3 Å². The molecular weight excluding hydrogens is 360 g/mol. The fraction of sp³-hybridized carbons (Fsp3) is 0.750. The third-order valence-corrected chi connectivity index (χ3v) is 5.25. The molecule has 0 aromatic rings. The van der Waals surface area contributed by atoms with Gasteiger partial charge in [0.25, 0.3) is 0 Å². The second kappa shape index (κ2) is 13.5. The molecule has 0 amide bonds. The van der Waals surface area contributed by atoms with Crippen molar-refractivity contribution in [1.29, 1.82) is 0 Å². The summed E-state index contributed by atoms with van der Waals surface area (Å²) in [4.78, 5) is 21.3. The molecule has 0 saturated heterocycles.